The third kappa shape index (κ3) is 6.35. The molecular formula is C28H57N4O4PSSi. The molecule has 0 aromatic rings. The molecule has 0 aliphatic carbocycles. The average Bonchev–Trinajstić information content (AvgIpc) is 3.17. The van der Waals surface area contributed by atoms with E-state index < -0.39 is 38.5 Å². The van der Waals surface area contributed by atoms with Gasteiger partial charge in [-0.05, 0) is 72.0 Å². The van der Waals surface area contributed by atoms with Gasteiger partial charge in [-0.3, -0.25) is 14.1 Å². The first kappa shape index (κ1) is 36.2. The molecule has 1 heterocycles. The Labute approximate surface area is 245 Å². The minimum Gasteiger partial charge on any atom is -0.468 e. The number of carbonyl (C=O) groups excluding carboxylic acids is 2. The number of esters is 2. The van der Waals surface area contributed by atoms with Gasteiger partial charge in [-0.1, -0.05) is 53.3 Å². The number of nitrogens with zero attached hydrogens (tertiary/aromatic N) is 4. The maximum Gasteiger partial charge on any atom is 0.330 e. The van der Waals surface area contributed by atoms with Gasteiger partial charge in [0.15, 0.2) is 14.3 Å². The van der Waals surface area contributed by atoms with E-state index in [2.05, 4.69) is 111 Å². The molecule has 0 saturated heterocycles. The van der Waals surface area contributed by atoms with Crippen molar-refractivity contribution in [3.05, 3.63) is 0 Å². The summed E-state index contributed by atoms with van der Waals surface area (Å²) in [4.78, 5) is 27.6. The van der Waals surface area contributed by atoms with Crippen molar-refractivity contribution in [1.29, 1.82) is 0 Å². The molecule has 0 fully saturated rings. The summed E-state index contributed by atoms with van der Waals surface area (Å²) in [5.74, 6) is -1.90. The van der Waals surface area contributed by atoms with Crippen molar-refractivity contribution in [3.8, 4) is 0 Å². The van der Waals surface area contributed by atoms with Crippen molar-refractivity contribution in [2.45, 2.75) is 144 Å². The van der Waals surface area contributed by atoms with Crippen LogP contribution in [0.2, 0.25) is 16.6 Å². The highest BCUT2D eigenvalue weighted by atomic mass is 32.4. The summed E-state index contributed by atoms with van der Waals surface area (Å²) in [7, 11) is 0.199. The third-order valence-corrected chi connectivity index (χ3v) is 20.7. The molecule has 39 heavy (non-hydrogen) atoms. The molecule has 0 radical (unpaired) electrons. The normalized spacial score (nSPS) is 19.2. The van der Waals surface area contributed by atoms with Crippen LogP contribution < -0.4 is 0 Å². The lowest BCUT2D eigenvalue weighted by Gasteiger charge is -2.50. The van der Waals surface area contributed by atoms with E-state index in [0.717, 1.165) is 0 Å². The Morgan fingerprint density at radius 3 is 1.33 bits per heavy atom. The highest BCUT2D eigenvalue weighted by molar-refractivity contribution is 8.20. The topological polar surface area (TPSA) is 74.7 Å². The second kappa shape index (κ2) is 13.9. The van der Waals surface area contributed by atoms with E-state index >= 15 is 0 Å². The Balaban J connectivity index is 4.45. The monoisotopic (exact) mass is 604 g/mol. The zero-order valence-corrected chi connectivity index (χ0v) is 30.2. The molecule has 228 valence electrons. The van der Waals surface area contributed by atoms with Crippen LogP contribution in [-0.2, 0) is 30.9 Å². The fourth-order valence-corrected chi connectivity index (χ4v) is 20.8. The first-order chi connectivity index (χ1) is 17.8. The van der Waals surface area contributed by atoms with Crippen LogP contribution in [0.4, 0.5) is 0 Å². The number of hydrogen-bond acceptors (Lipinski definition) is 7. The summed E-state index contributed by atoms with van der Waals surface area (Å²) in [5.41, 5.74) is 1.35. The number of hydrogen-bond donors (Lipinski definition) is 0. The standard InChI is InChI=1S/C28H57N4O4PSSi/c1-17(2)30(18(3)4)37(38,31(19(5)6)20(7)8)26-24(27(33)35-15)25(28(34)36-16)32(29-26)39(21(9)10,22(11)12)23(13)14/h17-25H,1-16H3/t24-,25+/m0/s1. The number of ether oxygens (including phenoxy) is 2. The van der Waals surface area contributed by atoms with Crippen LogP contribution in [0, 0.1) is 5.92 Å². The maximum atomic E-state index is 13.8. The van der Waals surface area contributed by atoms with Gasteiger partial charge in [-0.2, -0.15) is 5.10 Å². The summed E-state index contributed by atoms with van der Waals surface area (Å²) < 4.78 is 17.6. The zero-order chi connectivity index (χ0) is 30.8. The number of carbonyl (C=O) groups is 2. The smallest absolute Gasteiger partial charge is 0.330 e. The van der Waals surface area contributed by atoms with Gasteiger partial charge in [0.2, 0.25) is 0 Å². The predicted molar refractivity (Wildman–Crippen MR) is 170 cm³/mol. The van der Waals surface area contributed by atoms with Gasteiger partial charge in [-0.15, -0.1) is 0 Å². The molecule has 0 saturated carbocycles. The summed E-state index contributed by atoms with van der Waals surface area (Å²) in [5, 5.41) is 5.44. The van der Waals surface area contributed by atoms with Crippen LogP contribution >= 0.6 is 6.34 Å². The molecule has 0 spiro atoms. The van der Waals surface area contributed by atoms with E-state index in [4.69, 9.17) is 26.4 Å². The highest BCUT2D eigenvalue weighted by Gasteiger charge is 2.62. The molecular weight excluding hydrogens is 547 g/mol. The average molecular weight is 605 g/mol. The Morgan fingerprint density at radius 1 is 0.744 bits per heavy atom. The number of rotatable bonds is 13. The van der Waals surface area contributed by atoms with Crippen LogP contribution in [0.25, 0.3) is 0 Å². The van der Waals surface area contributed by atoms with Gasteiger partial charge in [0, 0.05) is 24.2 Å². The van der Waals surface area contributed by atoms with Crippen LogP contribution in [0.5, 0.6) is 0 Å². The quantitative estimate of drug-likeness (QED) is 0.131. The Morgan fingerprint density at radius 2 is 1.08 bits per heavy atom. The first-order valence-corrected chi connectivity index (χ1v) is 19.4. The number of methoxy groups -OCH3 is 2. The van der Waals surface area contributed by atoms with Crippen molar-refractivity contribution in [1.82, 2.24) is 14.0 Å². The molecule has 1 rings (SSSR count). The fraction of sp³-hybridized carbons (Fsp3) is 0.893. The predicted octanol–water partition coefficient (Wildman–Crippen LogP) is 6.67. The van der Waals surface area contributed by atoms with Crippen molar-refractivity contribution in [2.24, 2.45) is 11.0 Å². The summed E-state index contributed by atoms with van der Waals surface area (Å²) in [6, 6.07) is -0.565. The molecule has 0 aromatic carbocycles. The van der Waals surface area contributed by atoms with Gasteiger partial charge < -0.3 is 14.1 Å². The van der Waals surface area contributed by atoms with Crippen molar-refractivity contribution >= 4 is 43.8 Å². The Kier molecular flexibility index (Phi) is 12.9. The van der Waals surface area contributed by atoms with Crippen LogP contribution in [0.1, 0.15) is 96.9 Å². The van der Waals surface area contributed by atoms with Gasteiger partial charge in [0.05, 0.1) is 14.2 Å². The van der Waals surface area contributed by atoms with Crippen molar-refractivity contribution < 1.29 is 19.1 Å². The van der Waals surface area contributed by atoms with Gasteiger partial charge >= 0.3 is 11.9 Å². The molecule has 0 amide bonds. The SMILES string of the molecule is COC(=O)[C@@H]1C(P(=S)(N(C(C)C)C(C)C)N(C(C)C)C(C)C)=NN([Si](C(C)C)(C(C)C)C(C)C)[C@H]1C(=O)OC. The molecule has 11 heteroatoms. The summed E-state index contributed by atoms with van der Waals surface area (Å²) >= 11 is 6.86. The van der Waals surface area contributed by atoms with Crippen molar-refractivity contribution in [3.63, 3.8) is 0 Å². The lowest BCUT2D eigenvalue weighted by Crippen LogP contribution is -2.63. The largest absolute Gasteiger partial charge is 0.468 e. The molecule has 0 bridgehead atoms. The van der Waals surface area contributed by atoms with E-state index in [-0.39, 0.29) is 40.8 Å². The van der Waals surface area contributed by atoms with Crippen LogP contribution in [0.3, 0.4) is 0 Å². The third-order valence-electron chi connectivity index (χ3n) is 8.18. The van der Waals surface area contributed by atoms with E-state index in [1.165, 1.54) is 14.2 Å². The highest BCUT2D eigenvalue weighted by Crippen LogP contribution is 2.63. The lowest BCUT2D eigenvalue weighted by atomic mass is 10.0. The van der Waals surface area contributed by atoms with E-state index in [9.17, 15) is 9.59 Å². The van der Waals surface area contributed by atoms with Gasteiger partial charge in [-0.25, -0.2) is 4.79 Å². The molecule has 0 N–H and O–H groups in total. The minimum atomic E-state index is -2.90. The van der Waals surface area contributed by atoms with Gasteiger partial charge in [0.1, 0.15) is 17.7 Å². The minimum absolute atomic E-state index is 0.0877. The summed E-state index contributed by atoms with van der Waals surface area (Å²) in [6.45, 7) is 30.5. The number of hydrazone groups is 1. The fourth-order valence-electron chi connectivity index (χ4n) is 7.40. The second-order valence-electron chi connectivity index (χ2n) is 12.8. The molecule has 1 aliphatic heterocycles. The second-order valence-corrected chi connectivity index (χ2v) is 22.5. The van der Waals surface area contributed by atoms with Crippen molar-refractivity contribution in [2.75, 3.05) is 14.2 Å². The Hall–Kier alpha value is -0.803. The molecule has 0 aromatic heterocycles. The maximum absolute atomic E-state index is 13.8. The van der Waals surface area contributed by atoms with Gasteiger partial charge in [0.25, 0.3) is 0 Å². The molecule has 2 atom stereocenters. The molecule has 8 nitrogen and oxygen atoms in total. The lowest BCUT2D eigenvalue weighted by molar-refractivity contribution is -0.153. The van der Waals surface area contributed by atoms with Crippen LogP contribution in [0.15, 0.2) is 5.10 Å². The summed E-state index contributed by atoms with van der Waals surface area (Å²) in [6.07, 6.45) is -2.90. The van der Waals surface area contributed by atoms with E-state index in [1.54, 1.807) is 0 Å². The van der Waals surface area contributed by atoms with E-state index in [0.29, 0.717) is 5.45 Å². The Bertz CT molecular complexity index is 877. The van der Waals surface area contributed by atoms with Crippen LogP contribution in [-0.4, -0.2) is 84.1 Å². The van der Waals surface area contributed by atoms with E-state index in [1.807, 2.05) is 0 Å². The molecule has 0 unspecified atom stereocenters. The zero-order valence-electron chi connectivity index (χ0n) is 27.5. The molecule has 1 aliphatic rings. The first-order valence-electron chi connectivity index (χ1n) is 14.5.